The van der Waals surface area contributed by atoms with Gasteiger partial charge >= 0.3 is 0 Å². The number of nitrogens with zero attached hydrogens (tertiary/aromatic N) is 2. The van der Waals surface area contributed by atoms with Crippen molar-refractivity contribution < 1.29 is 18.3 Å². The number of amides is 1. The van der Waals surface area contributed by atoms with Crippen LogP contribution in [0, 0.1) is 13.8 Å². The van der Waals surface area contributed by atoms with Crippen molar-refractivity contribution in [1.29, 1.82) is 0 Å². The van der Waals surface area contributed by atoms with Crippen molar-refractivity contribution in [3.63, 3.8) is 0 Å². The summed E-state index contributed by atoms with van der Waals surface area (Å²) in [5, 5.41) is 0. The normalized spacial score (nSPS) is 15.9. The Morgan fingerprint density at radius 1 is 1.35 bits per heavy atom. The zero-order valence-electron chi connectivity index (χ0n) is 16.0. The highest BCUT2D eigenvalue weighted by Gasteiger charge is 2.20. The van der Waals surface area contributed by atoms with Crippen molar-refractivity contribution >= 4 is 12.0 Å². The number of hydrogen-bond acceptors (Lipinski definition) is 2. The summed E-state index contributed by atoms with van der Waals surface area (Å²) >= 11 is 0. The summed E-state index contributed by atoms with van der Waals surface area (Å²) in [6.07, 6.45) is 6.79. The lowest BCUT2D eigenvalue weighted by Crippen LogP contribution is -2.36. The molecule has 26 heavy (non-hydrogen) atoms. The Bertz CT molecular complexity index is 620. The third kappa shape index (κ3) is 5.40. The van der Waals surface area contributed by atoms with E-state index in [-0.39, 0.29) is 13.2 Å². The Morgan fingerprint density at radius 3 is 2.65 bits per heavy atom. The van der Waals surface area contributed by atoms with Crippen LogP contribution in [0.5, 0.6) is 0 Å². The van der Waals surface area contributed by atoms with Gasteiger partial charge in [-0.1, -0.05) is 19.3 Å². The monoisotopic (exact) mass is 368 g/mol. The van der Waals surface area contributed by atoms with Crippen molar-refractivity contribution in [2.75, 3.05) is 26.8 Å². The lowest BCUT2D eigenvalue weighted by atomic mass is 9.95. The van der Waals surface area contributed by atoms with Gasteiger partial charge in [-0.3, -0.25) is 4.79 Å². The molecule has 0 aliphatic heterocycles. The average Bonchev–Trinajstić information content (AvgIpc) is 2.90. The number of alkyl halides is 2. The maximum atomic E-state index is 12.7. The maximum Gasteiger partial charge on any atom is 0.255 e. The summed E-state index contributed by atoms with van der Waals surface area (Å²) in [5.74, 6) is -0.412. The van der Waals surface area contributed by atoms with E-state index in [4.69, 9.17) is 4.74 Å². The molecule has 0 atom stereocenters. The van der Waals surface area contributed by atoms with Crippen LogP contribution in [0.15, 0.2) is 12.1 Å². The smallest absolute Gasteiger partial charge is 0.255 e. The Hall–Kier alpha value is -1.69. The van der Waals surface area contributed by atoms with Crippen molar-refractivity contribution in [3.05, 3.63) is 29.1 Å². The standard InChI is InChI=1S/C20H30F2N2O2/c1-15-13-17(16(2)24(15)18-7-5-4-6-8-18)9-10-20(25)23(11-12-26-3)14-19(21)22/h9-10,13,18-19H,4-8,11-12,14H2,1-3H3/b10-9+. The molecule has 1 amide bonds. The molecule has 4 nitrogen and oxygen atoms in total. The summed E-state index contributed by atoms with van der Waals surface area (Å²) < 4.78 is 32.7. The van der Waals surface area contributed by atoms with Crippen molar-refractivity contribution in [2.45, 2.75) is 58.4 Å². The minimum Gasteiger partial charge on any atom is -0.383 e. The molecule has 0 unspecified atom stereocenters. The first kappa shape index (κ1) is 20.6. The molecule has 0 spiro atoms. The Morgan fingerprint density at radius 2 is 2.04 bits per heavy atom. The molecule has 1 saturated carbocycles. The van der Waals surface area contributed by atoms with Crippen molar-refractivity contribution in [2.24, 2.45) is 0 Å². The number of aromatic nitrogens is 1. The number of ether oxygens (including phenoxy) is 1. The van der Waals surface area contributed by atoms with Gasteiger partial charge in [-0.2, -0.15) is 0 Å². The fraction of sp³-hybridized carbons (Fsp3) is 0.650. The van der Waals surface area contributed by atoms with Crippen LogP contribution >= 0.6 is 0 Å². The molecular formula is C20H30F2N2O2. The van der Waals surface area contributed by atoms with Gasteiger partial charge in [0, 0.05) is 37.2 Å². The van der Waals surface area contributed by atoms with Gasteiger partial charge in [0.1, 0.15) is 0 Å². The predicted molar refractivity (Wildman–Crippen MR) is 99.5 cm³/mol. The quantitative estimate of drug-likeness (QED) is 0.639. The Balaban J connectivity index is 2.11. The van der Waals surface area contributed by atoms with E-state index in [0.29, 0.717) is 6.04 Å². The first-order valence-electron chi connectivity index (χ1n) is 9.36. The van der Waals surface area contributed by atoms with E-state index >= 15 is 0 Å². The second kappa shape index (κ2) is 9.86. The van der Waals surface area contributed by atoms with Crippen molar-refractivity contribution in [3.8, 4) is 0 Å². The van der Waals surface area contributed by atoms with Gasteiger partial charge in [0.25, 0.3) is 6.43 Å². The number of methoxy groups -OCH3 is 1. The van der Waals surface area contributed by atoms with E-state index in [1.807, 2.05) is 0 Å². The van der Waals surface area contributed by atoms with Crippen LogP contribution in [0.3, 0.4) is 0 Å². The lowest BCUT2D eigenvalue weighted by molar-refractivity contribution is -0.128. The van der Waals surface area contributed by atoms with Gasteiger partial charge in [-0.15, -0.1) is 0 Å². The van der Waals surface area contributed by atoms with E-state index in [9.17, 15) is 13.6 Å². The fourth-order valence-electron chi connectivity index (χ4n) is 3.80. The molecule has 1 fully saturated rings. The number of rotatable bonds is 8. The van der Waals surface area contributed by atoms with Crippen molar-refractivity contribution in [1.82, 2.24) is 9.47 Å². The minimum absolute atomic E-state index is 0.158. The average molecular weight is 368 g/mol. The van der Waals surface area contributed by atoms with Crippen LogP contribution < -0.4 is 0 Å². The largest absolute Gasteiger partial charge is 0.383 e. The summed E-state index contributed by atoms with van der Waals surface area (Å²) in [4.78, 5) is 13.4. The number of carbonyl (C=O) groups is 1. The lowest BCUT2D eigenvalue weighted by Gasteiger charge is -2.26. The van der Waals surface area contributed by atoms with E-state index in [1.54, 1.807) is 6.08 Å². The summed E-state index contributed by atoms with van der Waals surface area (Å²) in [5.41, 5.74) is 3.30. The molecule has 0 N–H and O–H groups in total. The van der Waals surface area contributed by atoms with Crippen LogP contribution in [0.25, 0.3) is 6.08 Å². The van der Waals surface area contributed by atoms with Gasteiger partial charge in [0.15, 0.2) is 0 Å². The summed E-state index contributed by atoms with van der Waals surface area (Å²) in [7, 11) is 1.49. The maximum absolute atomic E-state index is 12.7. The van der Waals surface area contributed by atoms with Gasteiger partial charge in [0.05, 0.1) is 13.2 Å². The van der Waals surface area contributed by atoms with Crippen LogP contribution in [0.4, 0.5) is 8.78 Å². The molecule has 0 saturated heterocycles. The first-order valence-corrected chi connectivity index (χ1v) is 9.36. The second-order valence-corrected chi connectivity index (χ2v) is 6.99. The topological polar surface area (TPSA) is 34.5 Å². The highest BCUT2D eigenvalue weighted by atomic mass is 19.3. The zero-order valence-corrected chi connectivity index (χ0v) is 16.0. The molecule has 0 radical (unpaired) electrons. The molecule has 6 heteroatoms. The third-order valence-corrected chi connectivity index (χ3v) is 5.10. The van der Waals surface area contributed by atoms with Crippen LogP contribution in [0.1, 0.15) is 55.1 Å². The van der Waals surface area contributed by atoms with Crippen LogP contribution in [0.2, 0.25) is 0 Å². The number of halogens is 2. The van der Waals surface area contributed by atoms with E-state index < -0.39 is 18.9 Å². The van der Waals surface area contributed by atoms with Gasteiger partial charge in [-0.05, 0) is 44.4 Å². The predicted octanol–water partition coefficient (Wildman–Crippen LogP) is 4.36. The fourth-order valence-corrected chi connectivity index (χ4v) is 3.80. The number of hydrogen-bond donors (Lipinski definition) is 0. The molecule has 0 bridgehead atoms. The third-order valence-electron chi connectivity index (χ3n) is 5.10. The molecule has 0 aromatic carbocycles. The number of aryl methyl sites for hydroxylation is 1. The molecule has 1 aliphatic carbocycles. The Labute approximate surface area is 154 Å². The highest BCUT2D eigenvalue weighted by Crippen LogP contribution is 2.32. The molecule has 1 aromatic rings. The molecule has 1 aromatic heterocycles. The summed E-state index contributed by atoms with van der Waals surface area (Å²) in [6, 6.07) is 2.60. The summed E-state index contributed by atoms with van der Waals surface area (Å²) in [6.45, 7) is 3.97. The molecule has 1 heterocycles. The molecule has 1 aliphatic rings. The molecule has 146 valence electrons. The van der Waals surface area contributed by atoms with Crippen LogP contribution in [-0.2, 0) is 9.53 Å². The van der Waals surface area contributed by atoms with Gasteiger partial charge in [-0.25, -0.2) is 8.78 Å². The highest BCUT2D eigenvalue weighted by molar-refractivity contribution is 5.92. The molecule has 2 rings (SSSR count). The Kier molecular flexibility index (Phi) is 7.82. The second-order valence-electron chi connectivity index (χ2n) is 6.99. The van der Waals surface area contributed by atoms with Gasteiger partial charge in [0.2, 0.25) is 5.91 Å². The molecular weight excluding hydrogens is 338 g/mol. The van der Waals surface area contributed by atoms with Gasteiger partial charge < -0.3 is 14.2 Å². The van der Waals surface area contributed by atoms with E-state index in [2.05, 4.69) is 24.5 Å². The van der Waals surface area contributed by atoms with E-state index in [0.717, 1.165) is 16.2 Å². The SMILES string of the molecule is COCCN(CC(F)F)C(=O)/C=C/c1cc(C)n(C2CCCCC2)c1C. The number of carbonyl (C=O) groups excluding carboxylic acids is 1. The minimum atomic E-state index is -2.56. The zero-order chi connectivity index (χ0) is 19.1. The van der Waals surface area contributed by atoms with Crippen LogP contribution in [-0.4, -0.2) is 48.6 Å². The first-order chi connectivity index (χ1) is 12.4. The van der Waals surface area contributed by atoms with E-state index in [1.165, 1.54) is 51.0 Å².